The van der Waals surface area contributed by atoms with E-state index in [0.29, 0.717) is 0 Å². The number of benzene rings is 1. The Kier molecular flexibility index (Phi) is 4.56. The van der Waals surface area contributed by atoms with Crippen molar-refractivity contribution in [2.24, 2.45) is 5.84 Å². The number of rotatable bonds is 3. The van der Waals surface area contributed by atoms with E-state index in [1.54, 1.807) is 18.2 Å². The van der Waals surface area contributed by atoms with Crippen LogP contribution in [0.2, 0.25) is 0 Å². The lowest BCUT2D eigenvalue weighted by Gasteiger charge is -2.11. The van der Waals surface area contributed by atoms with E-state index in [4.69, 9.17) is 5.84 Å². The Hall–Kier alpha value is -1.25. The zero-order valence-electron chi connectivity index (χ0n) is 9.91. The second kappa shape index (κ2) is 6.02. The van der Waals surface area contributed by atoms with Gasteiger partial charge in [-0.2, -0.15) is 13.2 Å². The van der Waals surface area contributed by atoms with E-state index < -0.39 is 11.7 Å². The normalized spacial score (nSPS) is 11.4. The van der Waals surface area contributed by atoms with Gasteiger partial charge in [-0.25, -0.2) is 10.8 Å². The molecule has 1 aromatic heterocycles. The van der Waals surface area contributed by atoms with Crippen LogP contribution < -0.4 is 11.3 Å². The predicted molar refractivity (Wildman–Crippen MR) is 75.3 cm³/mol. The molecule has 0 bridgehead atoms. The number of nitrogens with zero attached hydrogens (tertiary/aromatic N) is 1. The van der Waals surface area contributed by atoms with Crippen LogP contribution in [0.1, 0.15) is 5.56 Å². The first-order chi connectivity index (χ1) is 9.40. The molecule has 0 aliphatic heterocycles. The SMILES string of the molecule is NNc1cc(C(F)(F)F)cc(Sc2ccccc2Br)n1. The molecule has 1 heterocycles. The lowest BCUT2D eigenvalue weighted by atomic mass is 10.2. The Labute approximate surface area is 125 Å². The minimum absolute atomic E-state index is 0.0330. The number of hydrogen-bond acceptors (Lipinski definition) is 4. The van der Waals surface area contributed by atoms with E-state index in [1.165, 1.54) is 0 Å². The molecule has 0 aliphatic rings. The molecule has 1 aromatic carbocycles. The standard InChI is InChI=1S/C12H9BrF3N3S/c13-8-3-1-2-4-9(8)20-11-6-7(12(14,15)16)5-10(18-11)19-17/h1-6H,17H2,(H,18,19). The van der Waals surface area contributed by atoms with Crippen molar-refractivity contribution in [3.05, 3.63) is 46.4 Å². The van der Waals surface area contributed by atoms with Gasteiger partial charge in [0.25, 0.3) is 0 Å². The minimum Gasteiger partial charge on any atom is -0.308 e. The van der Waals surface area contributed by atoms with Crippen molar-refractivity contribution in [1.82, 2.24) is 4.98 Å². The minimum atomic E-state index is -4.45. The molecule has 0 atom stereocenters. The number of alkyl halides is 3. The molecule has 0 saturated heterocycles. The quantitative estimate of drug-likeness (QED) is 0.630. The first kappa shape index (κ1) is 15.1. The van der Waals surface area contributed by atoms with Gasteiger partial charge in [0.1, 0.15) is 10.8 Å². The maximum Gasteiger partial charge on any atom is 0.416 e. The van der Waals surface area contributed by atoms with E-state index >= 15 is 0 Å². The summed E-state index contributed by atoms with van der Waals surface area (Å²) in [6.45, 7) is 0. The van der Waals surface area contributed by atoms with Crippen LogP contribution in [0.3, 0.4) is 0 Å². The molecule has 8 heteroatoms. The van der Waals surface area contributed by atoms with Crippen molar-refractivity contribution < 1.29 is 13.2 Å². The summed E-state index contributed by atoms with van der Waals surface area (Å²) < 4.78 is 39.1. The third kappa shape index (κ3) is 3.65. The number of anilines is 1. The molecular formula is C12H9BrF3N3S. The Morgan fingerprint density at radius 3 is 2.50 bits per heavy atom. The fourth-order valence-electron chi connectivity index (χ4n) is 1.44. The van der Waals surface area contributed by atoms with E-state index in [2.05, 4.69) is 26.3 Å². The zero-order chi connectivity index (χ0) is 14.8. The number of hydrazine groups is 1. The van der Waals surface area contributed by atoms with Gasteiger partial charge >= 0.3 is 6.18 Å². The van der Waals surface area contributed by atoms with Crippen LogP contribution in [0.5, 0.6) is 0 Å². The summed E-state index contributed by atoms with van der Waals surface area (Å²) in [7, 11) is 0. The third-order valence-corrected chi connectivity index (χ3v) is 4.28. The van der Waals surface area contributed by atoms with Crippen molar-refractivity contribution in [1.29, 1.82) is 0 Å². The lowest BCUT2D eigenvalue weighted by molar-refractivity contribution is -0.137. The van der Waals surface area contributed by atoms with Crippen molar-refractivity contribution in [2.45, 2.75) is 16.1 Å². The number of pyridine rings is 1. The molecule has 0 radical (unpaired) electrons. The van der Waals surface area contributed by atoms with Gasteiger partial charge in [0.2, 0.25) is 0 Å². The Bertz CT molecular complexity index is 619. The first-order valence-corrected chi connectivity index (χ1v) is 6.99. The average Bonchev–Trinajstić information content (AvgIpc) is 2.40. The van der Waals surface area contributed by atoms with Crippen LogP contribution >= 0.6 is 27.7 Å². The molecule has 106 valence electrons. The molecular weight excluding hydrogens is 355 g/mol. The number of nitrogens with two attached hydrogens (primary N) is 1. The van der Waals surface area contributed by atoms with Gasteiger partial charge in [-0.3, -0.25) is 0 Å². The summed E-state index contributed by atoms with van der Waals surface area (Å²) in [6.07, 6.45) is -4.45. The van der Waals surface area contributed by atoms with Crippen LogP contribution in [-0.2, 0) is 6.18 Å². The average molecular weight is 364 g/mol. The van der Waals surface area contributed by atoms with Crippen molar-refractivity contribution >= 4 is 33.5 Å². The van der Waals surface area contributed by atoms with Crippen LogP contribution in [0.25, 0.3) is 0 Å². The zero-order valence-corrected chi connectivity index (χ0v) is 12.3. The van der Waals surface area contributed by atoms with Crippen LogP contribution in [0.4, 0.5) is 19.0 Å². The molecule has 0 fully saturated rings. The highest BCUT2D eigenvalue weighted by molar-refractivity contribution is 9.10. The number of nitrogen functional groups attached to an aromatic ring is 1. The van der Waals surface area contributed by atoms with Gasteiger partial charge in [-0.15, -0.1) is 0 Å². The molecule has 0 amide bonds. The fraction of sp³-hybridized carbons (Fsp3) is 0.0833. The maximum atomic E-state index is 12.8. The van der Waals surface area contributed by atoms with Crippen molar-refractivity contribution in [2.75, 3.05) is 5.43 Å². The summed E-state index contributed by atoms with van der Waals surface area (Å²) in [5.74, 6) is 5.12. The van der Waals surface area contributed by atoms with Crippen LogP contribution in [-0.4, -0.2) is 4.98 Å². The highest BCUT2D eigenvalue weighted by Crippen LogP contribution is 2.37. The molecule has 3 nitrogen and oxygen atoms in total. The Morgan fingerprint density at radius 2 is 1.90 bits per heavy atom. The molecule has 3 N–H and O–H groups in total. The van der Waals surface area contributed by atoms with Crippen LogP contribution in [0.15, 0.2) is 50.8 Å². The molecule has 0 saturated carbocycles. The highest BCUT2D eigenvalue weighted by atomic mass is 79.9. The number of aromatic nitrogens is 1. The molecule has 0 spiro atoms. The Morgan fingerprint density at radius 1 is 1.20 bits per heavy atom. The summed E-state index contributed by atoms with van der Waals surface area (Å²) in [4.78, 5) is 4.77. The molecule has 2 rings (SSSR count). The van der Waals surface area contributed by atoms with Gasteiger partial charge in [0, 0.05) is 9.37 Å². The number of nitrogens with one attached hydrogen (secondary N) is 1. The third-order valence-electron chi connectivity index (χ3n) is 2.33. The molecule has 0 aliphatic carbocycles. The van der Waals surface area contributed by atoms with Gasteiger partial charge in [0.15, 0.2) is 0 Å². The van der Waals surface area contributed by atoms with Crippen molar-refractivity contribution in [3.8, 4) is 0 Å². The van der Waals surface area contributed by atoms with E-state index in [0.717, 1.165) is 33.3 Å². The fourth-order valence-corrected chi connectivity index (χ4v) is 2.83. The molecule has 20 heavy (non-hydrogen) atoms. The first-order valence-electron chi connectivity index (χ1n) is 5.38. The topological polar surface area (TPSA) is 50.9 Å². The predicted octanol–water partition coefficient (Wildman–Crippen LogP) is 4.30. The van der Waals surface area contributed by atoms with Gasteiger partial charge in [0.05, 0.1) is 5.56 Å². The maximum absolute atomic E-state index is 12.8. The van der Waals surface area contributed by atoms with E-state index in [1.807, 2.05) is 6.07 Å². The molecule has 0 unspecified atom stereocenters. The number of hydrogen-bond donors (Lipinski definition) is 2. The van der Waals surface area contributed by atoms with Gasteiger partial charge in [-0.1, -0.05) is 23.9 Å². The summed E-state index contributed by atoms with van der Waals surface area (Å²) in [6, 6.07) is 9.06. The largest absolute Gasteiger partial charge is 0.416 e. The summed E-state index contributed by atoms with van der Waals surface area (Å²) in [5.41, 5.74) is 1.35. The van der Waals surface area contributed by atoms with Gasteiger partial charge < -0.3 is 5.43 Å². The Balaban J connectivity index is 2.39. The van der Waals surface area contributed by atoms with Crippen LogP contribution in [0, 0.1) is 0 Å². The second-order valence-corrected chi connectivity index (χ2v) is 5.67. The highest BCUT2D eigenvalue weighted by Gasteiger charge is 2.31. The van der Waals surface area contributed by atoms with Gasteiger partial charge in [-0.05, 0) is 40.2 Å². The van der Waals surface area contributed by atoms with E-state index in [-0.39, 0.29) is 10.8 Å². The second-order valence-electron chi connectivity index (χ2n) is 3.75. The van der Waals surface area contributed by atoms with E-state index in [9.17, 15) is 13.2 Å². The lowest BCUT2D eigenvalue weighted by Crippen LogP contribution is -2.12. The van der Waals surface area contributed by atoms with Crippen molar-refractivity contribution in [3.63, 3.8) is 0 Å². The summed E-state index contributed by atoms with van der Waals surface area (Å²) >= 11 is 4.46. The molecule has 2 aromatic rings. The smallest absolute Gasteiger partial charge is 0.308 e. The monoisotopic (exact) mass is 363 g/mol. The summed E-state index contributed by atoms with van der Waals surface area (Å²) in [5, 5.41) is 0.208. The number of halogens is 4.